The molecule has 0 bridgehead atoms. The smallest absolute Gasteiger partial charge is 0.264 e. The van der Waals surface area contributed by atoms with Crippen molar-refractivity contribution >= 4 is 50.7 Å². The first-order chi connectivity index (χ1) is 21.5. The van der Waals surface area contributed by atoms with Crippen LogP contribution in [0.15, 0.2) is 102 Å². The lowest BCUT2D eigenvalue weighted by Crippen LogP contribution is -2.53. The quantitative estimate of drug-likeness (QED) is 0.167. The number of carbonyl (C=O) groups is 2. The van der Waals surface area contributed by atoms with Gasteiger partial charge in [0.2, 0.25) is 11.8 Å². The predicted molar refractivity (Wildman–Crippen MR) is 181 cm³/mol. The van der Waals surface area contributed by atoms with Crippen LogP contribution in [0.3, 0.4) is 0 Å². The van der Waals surface area contributed by atoms with E-state index in [9.17, 15) is 18.0 Å². The summed E-state index contributed by atoms with van der Waals surface area (Å²) >= 11 is 12.2. The topological polar surface area (TPSA) is 86.8 Å². The van der Waals surface area contributed by atoms with Crippen molar-refractivity contribution in [1.29, 1.82) is 0 Å². The molecular formula is C35H37Cl2N3O4S. The van der Waals surface area contributed by atoms with Gasteiger partial charge < -0.3 is 10.2 Å². The summed E-state index contributed by atoms with van der Waals surface area (Å²) in [6, 6.07) is 26.6. The molecule has 1 atom stereocenters. The van der Waals surface area contributed by atoms with Crippen LogP contribution in [0.2, 0.25) is 10.0 Å². The number of anilines is 1. The maximum atomic E-state index is 14.5. The number of halogens is 2. The highest BCUT2D eigenvalue weighted by atomic mass is 35.5. The number of benzene rings is 4. The third-order valence-corrected chi connectivity index (χ3v) is 9.84. The van der Waals surface area contributed by atoms with Crippen molar-refractivity contribution in [2.24, 2.45) is 0 Å². The molecule has 1 N–H and O–H groups in total. The lowest BCUT2D eigenvalue weighted by atomic mass is 10.0. The molecule has 0 heterocycles. The molecule has 0 saturated heterocycles. The second-order valence-corrected chi connectivity index (χ2v) is 13.6. The first-order valence-corrected chi connectivity index (χ1v) is 16.9. The van der Waals surface area contributed by atoms with Crippen LogP contribution in [0.4, 0.5) is 5.69 Å². The molecule has 0 spiro atoms. The molecule has 0 unspecified atom stereocenters. The van der Waals surface area contributed by atoms with Crippen molar-refractivity contribution in [2.45, 2.75) is 51.1 Å². The van der Waals surface area contributed by atoms with Gasteiger partial charge >= 0.3 is 0 Å². The molecule has 10 heteroatoms. The fourth-order valence-corrected chi connectivity index (χ4v) is 6.51. The van der Waals surface area contributed by atoms with Gasteiger partial charge in [-0.05, 0) is 91.1 Å². The number of nitrogens with zero attached hydrogens (tertiary/aromatic N) is 2. The van der Waals surface area contributed by atoms with Gasteiger partial charge in [-0.15, -0.1) is 0 Å². The van der Waals surface area contributed by atoms with Crippen molar-refractivity contribution in [1.82, 2.24) is 10.2 Å². The molecular weight excluding hydrogens is 629 g/mol. The minimum Gasteiger partial charge on any atom is -0.354 e. The Balaban J connectivity index is 1.81. The van der Waals surface area contributed by atoms with E-state index in [0.29, 0.717) is 22.3 Å². The Morgan fingerprint density at radius 2 is 1.42 bits per heavy atom. The van der Waals surface area contributed by atoms with Crippen LogP contribution >= 0.6 is 23.2 Å². The summed E-state index contributed by atoms with van der Waals surface area (Å²) in [6.45, 7) is 5.73. The number of carbonyl (C=O) groups excluding carboxylic acids is 2. The first kappa shape index (κ1) is 34.0. The number of sulfonamides is 1. The van der Waals surface area contributed by atoms with Gasteiger partial charge in [-0.3, -0.25) is 13.9 Å². The number of rotatable bonds is 13. The zero-order chi connectivity index (χ0) is 32.6. The molecule has 7 nitrogen and oxygen atoms in total. The maximum Gasteiger partial charge on any atom is 0.264 e. The van der Waals surface area contributed by atoms with Crippen molar-refractivity contribution in [2.75, 3.05) is 17.4 Å². The molecule has 4 aromatic rings. The normalized spacial score (nSPS) is 11.9. The van der Waals surface area contributed by atoms with E-state index in [4.69, 9.17) is 23.2 Å². The van der Waals surface area contributed by atoms with E-state index in [1.165, 1.54) is 29.2 Å². The number of aryl methyl sites for hydroxylation is 2. The summed E-state index contributed by atoms with van der Waals surface area (Å²) in [5, 5.41) is 3.87. The van der Waals surface area contributed by atoms with Crippen molar-refractivity contribution in [3.63, 3.8) is 0 Å². The van der Waals surface area contributed by atoms with E-state index in [0.717, 1.165) is 33.0 Å². The summed E-state index contributed by atoms with van der Waals surface area (Å²) in [6.07, 6.45) is 0.956. The Hall–Kier alpha value is -3.85. The number of hydrogen-bond donors (Lipinski definition) is 1. The van der Waals surface area contributed by atoms with Crippen LogP contribution < -0.4 is 9.62 Å². The molecule has 0 radical (unpaired) electrons. The molecule has 0 fully saturated rings. The first-order valence-electron chi connectivity index (χ1n) is 14.7. The third-order valence-electron chi connectivity index (χ3n) is 7.55. The van der Waals surface area contributed by atoms with E-state index in [1.807, 2.05) is 57.2 Å². The zero-order valence-corrected chi connectivity index (χ0v) is 27.9. The fraction of sp³-hybridized carbons (Fsp3) is 0.257. The third kappa shape index (κ3) is 8.87. The Labute approximate surface area is 275 Å². The van der Waals surface area contributed by atoms with E-state index in [2.05, 4.69) is 5.32 Å². The minimum atomic E-state index is -4.22. The van der Waals surface area contributed by atoms with E-state index >= 15 is 0 Å². The summed E-state index contributed by atoms with van der Waals surface area (Å²) in [4.78, 5) is 29.7. The lowest BCUT2D eigenvalue weighted by Gasteiger charge is -2.34. The second-order valence-electron chi connectivity index (χ2n) is 10.9. The molecule has 0 aliphatic rings. The van der Waals surface area contributed by atoms with Crippen molar-refractivity contribution < 1.29 is 18.0 Å². The van der Waals surface area contributed by atoms with Crippen LogP contribution in [-0.2, 0) is 32.6 Å². The molecule has 0 aliphatic carbocycles. The molecule has 4 rings (SSSR count). The molecule has 0 aromatic heterocycles. The van der Waals surface area contributed by atoms with Gasteiger partial charge in [-0.2, -0.15) is 0 Å². The summed E-state index contributed by atoms with van der Waals surface area (Å²) < 4.78 is 29.4. The van der Waals surface area contributed by atoms with Gasteiger partial charge in [0.05, 0.1) is 10.6 Å². The Kier molecular flexibility index (Phi) is 11.7. The summed E-state index contributed by atoms with van der Waals surface area (Å²) in [5.41, 5.74) is 3.79. The highest BCUT2D eigenvalue weighted by Gasteiger charge is 2.34. The van der Waals surface area contributed by atoms with Crippen LogP contribution in [0.5, 0.6) is 0 Å². The Morgan fingerprint density at radius 1 is 0.800 bits per heavy atom. The minimum absolute atomic E-state index is 0.0105. The number of nitrogens with one attached hydrogen (secondary N) is 1. The zero-order valence-electron chi connectivity index (χ0n) is 25.5. The van der Waals surface area contributed by atoms with E-state index in [1.54, 1.807) is 36.4 Å². The van der Waals surface area contributed by atoms with E-state index in [-0.39, 0.29) is 23.8 Å². The highest BCUT2D eigenvalue weighted by Crippen LogP contribution is 2.28. The molecule has 0 saturated carbocycles. The van der Waals surface area contributed by atoms with E-state index < -0.39 is 28.5 Å². The molecule has 4 aromatic carbocycles. The van der Waals surface area contributed by atoms with Gasteiger partial charge in [0.1, 0.15) is 12.6 Å². The number of hydrogen-bond acceptors (Lipinski definition) is 4. The molecule has 45 heavy (non-hydrogen) atoms. The molecule has 0 aliphatic heterocycles. The largest absolute Gasteiger partial charge is 0.354 e. The van der Waals surface area contributed by atoms with Crippen molar-refractivity contribution in [3.8, 4) is 0 Å². The highest BCUT2D eigenvalue weighted by molar-refractivity contribution is 7.92. The summed E-state index contributed by atoms with van der Waals surface area (Å²) in [7, 11) is -4.22. The van der Waals surface area contributed by atoms with Gasteiger partial charge in [0.25, 0.3) is 10.0 Å². The SMILES string of the molecule is CCCNC(=O)[C@H](Cc1ccccc1)N(Cc1ccc(Cl)cc1)C(=O)CN(c1ccc(C)c(C)c1)S(=O)(=O)c1ccc(Cl)cc1. The average molecular weight is 667 g/mol. The second kappa shape index (κ2) is 15.4. The van der Waals surface area contributed by atoms with Gasteiger partial charge in [-0.1, -0.05) is 78.7 Å². The Morgan fingerprint density at radius 3 is 2.02 bits per heavy atom. The van der Waals surface area contributed by atoms with Gasteiger partial charge in [-0.25, -0.2) is 8.42 Å². The molecule has 2 amide bonds. The van der Waals surface area contributed by atoms with Crippen LogP contribution in [0.1, 0.15) is 35.6 Å². The maximum absolute atomic E-state index is 14.5. The fourth-order valence-electron chi connectivity index (χ4n) is 4.85. The van der Waals surface area contributed by atoms with Crippen LogP contribution in [0.25, 0.3) is 0 Å². The van der Waals surface area contributed by atoms with Crippen molar-refractivity contribution in [3.05, 3.63) is 129 Å². The molecule has 236 valence electrons. The monoisotopic (exact) mass is 665 g/mol. The predicted octanol–water partition coefficient (Wildman–Crippen LogP) is 6.97. The van der Waals surface area contributed by atoms with Crippen LogP contribution in [0, 0.1) is 13.8 Å². The number of amides is 2. The standard InChI is InChI=1S/C35H37Cl2N3O4S/c1-4-20-38-35(42)33(22-27-8-6-5-7-9-27)39(23-28-11-13-29(36)14-12-28)34(41)24-40(31-17-10-25(2)26(3)21-31)45(43,44)32-18-15-30(37)16-19-32/h5-19,21,33H,4,20,22-24H2,1-3H3,(H,38,42)/t33-/m0/s1. The van der Waals surface area contributed by atoms with Gasteiger partial charge in [0.15, 0.2) is 0 Å². The van der Waals surface area contributed by atoms with Gasteiger partial charge in [0, 0.05) is 29.6 Å². The van der Waals surface area contributed by atoms with Crippen LogP contribution in [-0.4, -0.2) is 44.3 Å². The average Bonchev–Trinajstić information content (AvgIpc) is 3.03. The Bertz CT molecular complexity index is 1710. The summed E-state index contributed by atoms with van der Waals surface area (Å²) in [5.74, 6) is -0.852. The lowest BCUT2D eigenvalue weighted by molar-refractivity contribution is -0.140.